The summed E-state index contributed by atoms with van der Waals surface area (Å²) >= 11 is 0. The van der Waals surface area contributed by atoms with Crippen LogP contribution in [0.3, 0.4) is 0 Å². The number of rotatable bonds is 5. The number of esters is 1. The molecule has 0 bridgehead atoms. The van der Waals surface area contributed by atoms with Crippen LogP contribution in [0.1, 0.15) is 16.2 Å². The normalized spacial score (nSPS) is 11.7. The predicted octanol–water partition coefficient (Wildman–Crippen LogP) is -0.388. The first-order valence-corrected chi connectivity index (χ1v) is 6.15. The third-order valence-corrected chi connectivity index (χ3v) is 2.78. The maximum atomic E-state index is 12.0. The summed E-state index contributed by atoms with van der Waals surface area (Å²) in [5.74, 6) is -1.15. The number of hydrogen-bond acceptors (Lipinski definition) is 5. The first kappa shape index (κ1) is 14.5. The van der Waals surface area contributed by atoms with Crippen LogP contribution < -0.4 is 10.9 Å². The largest absolute Gasteiger partial charge is 0.467 e. The van der Waals surface area contributed by atoms with Gasteiger partial charge in [-0.2, -0.15) is 0 Å². The van der Waals surface area contributed by atoms with E-state index in [0.717, 1.165) is 0 Å². The average Bonchev–Trinajstić information content (AvgIpc) is 2.98. The molecule has 0 fully saturated rings. The van der Waals surface area contributed by atoms with Gasteiger partial charge in [0.2, 0.25) is 5.56 Å². The lowest BCUT2D eigenvalue weighted by molar-refractivity contribution is -0.142. The number of aromatic nitrogens is 3. The first-order valence-electron chi connectivity index (χ1n) is 6.15. The molecule has 0 aromatic carbocycles. The molecule has 0 aliphatic carbocycles. The fourth-order valence-corrected chi connectivity index (χ4v) is 1.77. The highest BCUT2D eigenvalue weighted by atomic mass is 16.5. The first-order chi connectivity index (χ1) is 10.1. The minimum absolute atomic E-state index is 0.0704. The van der Waals surface area contributed by atoms with Crippen LogP contribution in [0, 0.1) is 0 Å². The van der Waals surface area contributed by atoms with Crippen LogP contribution in [-0.4, -0.2) is 40.0 Å². The van der Waals surface area contributed by atoms with E-state index in [9.17, 15) is 14.4 Å². The van der Waals surface area contributed by atoms with E-state index in [2.05, 4.69) is 25.0 Å². The Morgan fingerprint density at radius 2 is 2.24 bits per heavy atom. The molecule has 110 valence electrons. The molecule has 2 rings (SSSR count). The van der Waals surface area contributed by atoms with Gasteiger partial charge in [-0.3, -0.25) is 9.59 Å². The van der Waals surface area contributed by atoms with Crippen LogP contribution in [0.15, 0.2) is 35.5 Å². The summed E-state index contributed by atoms with van der Waals surface area (Å²) in [6.45, 7) is 0. The number of nitrogens with one attached hydrogen (secondary N) is 3. The smallest absolute Gasteiger partial charge is 0.328 e. The van der Waals surface area contributed by atoms with E-state index in [-0.39, 0.29) is 12.1 Å². The van der Waals surface area contributed by atoms with Crippen molar-refractivity contribution in [3.8, 4) is 0 Å². The maximum Gasteiger partial charge on any atom is 0.328 e. The van der Waals surface area contributed by atoms with Crippen LogP contribution in [0.25, 0.3) is 0 Å². The van der Waals surface area contributed by atoms with Crippen LogP contribution in [-0.2, 0) is 16.0 Å². The van der Waals surface area contributed by atoms with E-state index in [1.807, 2.05) is 0 Å². The summed E-state index contributed by atoms with van der Waals surface area (Å²) < 4.78 is 4.66. The minimum Gasteiger partial charge on any atom is -0.467 e. The number of imidazole rings is 1. The third-order valence-electron chi connectivity index (χ3n) is 2.78. The summed E-state index contributed by atoms with van der Waals surface area (Å²) in [5, 5.41) is 2.52. The van der Waals surface area contributed by atoms with Crippen LogP contribution in [0.4, 0.5) is 0 Å². The van der Waals surface area contributed by atoms with Crippen LogP contribution in [0.2, 0.25) is 0 Å². The number of hydrogen-bond donors (Lipinski definition) is 3. The summed E-state index contributed by atoms with van der Waals surface area (Å²) in [4.78, 5) is 44.0. The van der Waals surface area contributed by atoms with Gasteiger partial charge >= 0.3 is 5.97 Å². The van der Waals surface area contributed by atoms with Gasteiger partial charge in [-0.1, -0.05) is 6.07 Å². The van der Waals surface area contributed by atoms with Gasteiger partial charge in [0, 0.05) is 24.4 Å². The van der Waals surface area contributed by atoms with Gasteiger partial charge in [0.15, 0.2) is 0 Å². The number of carbonyl (C=O) groups excluding carboxylic acids is 2. The molecule has 1 atom stereocenters. The lowest BCUT2D eigenvalue weighted by Crippen LogP contribution is -2.43. The van der Waals surface area contributed by atoms with Gasteiger partial charge in [0.05, 0.1) is 13.4 Å². The van der Waals surface area contributed by atoms with Crippen molar-refractivity contribution in [2.24, 2.45) is 0 Å². The number of nitrogens with zero attached hydrogens (tertiary/aromatic N) is 1. The Kier molecular flexibility index (Phi) is 4.50. The molecule has 8 heteroatoms. The second kappa shape index (κ2) is 6.51. The molecule has 0 unspecified atom stereocenters. The monoisotopic (exact) mass is 290 g/mol. The van der Waals surface area contributed by atoms with E-state index < -0.39 is 23.5 Å². The van der Waals surface area contributed by atoms with Crippen molar-refractivity contribution >= 4 is 11.9 Å². The van der Waals surface area contributed by atoms with Crippen LogP contribution in [0.5, 0.6) is 0 Å². The molecule has 1 amide bonds. The van der Waals surface area contributed by atoms with E-state index >= 15 is 0 Å². The molecule has 0 spiro atoms. The molecule has 0 saturated carbocycles. The Labute approximate surface area is 119 Å². The molecular formula is C13H14N4O4. The molecule has 0 radical (unpaired) electrons. The molecule has 8 nitrogen and oxygen atoms in total. The number of carbonyl (C=O) groups is 2. The zero-order valence-electron chi connectivity index (χ0n) is 11.3. The quantitative estimate of drug-likeness (QED) is 0.648. The van der Waals surface area contributed by atoms with Gasteiger partial charge in [0.25, 0.3) is 5.91 Å². The molecule has 0 aliphatic rings. The highest BCUT2D eigenvalue weighted by molar-refractivity contribution is 5.95. The van der Waals surface area contributed by atoms with Crippen molar-refractivity contribution in [2.45, 2.75) is 12.5 Å². The summed E-state index contributed by atoms with van der Waals surface area (Å²) in [7, 11) is 1.23. The van der Waals surface area contributed by atoms with Gasteiger partial charge in [-0.25, -0.2) is 9.78 Å². The Morgan fingerprint density at radius 3 is 2.86 bits per heavy atom. The van der Waals surface area contributed by atoms with E-state index in [1.54, 1.807) is 6.20 Å². The Hall–Kier alpha value is -2.90. The second-order valence-corrected chi connectivity index (χ2v) is 4.26. The lowest BCUT2D eigenvalue weighted by atomic mass is 10.1. The number of ether oxygens (including phenoxy) is 1. The van der Waals surface area contributed by atoms with Crippen molar-refractivity contribution in [1.82, 2.24) is 20.3 Å². The third kappa shape index (κ3) is 3.78. The summed E-state index contributed by atoms with van der Waals surface area (Å²) in [5.41, 5.74) is 0.346. The van der Waals surface area contributed by atoms with E-state index in [4.69, 9.17) is 0 Å². The van der Waals surface area contributed by atoms with Gasteiger partial charge < -0.3 is 20.0 Å². The zero-order valence-corrected chi connectivity index (χ0v) is 11.3. The Balaban J connectivity index is 2.13. The minimum atomic E-state index is -0.883. The second-order valence-electron chi connectivity index (χ2n) is 4.26. The van der Waals surface area contributed by atoms with Gasteiger partial charge in [-0.15, -0.1) is 0 Å². The number of amides is 1. The van der Waals surface area contributed by atoms with E-state index in [1.165, 1.54) is 31.6 Å². The van der Waals surface area contributed by atoms with E-state index in [0.29, 0.717) is 5.69 Å². The SMILES string of the molecule is COC(=O)[C@H](Cc1cnc[nH]1)NC(=O)c1cccc(=O)[nH]1. The maximum absolute atomic E-state index is 12.0. The number of methoxy groups -OCH3 is 1. The molecule has 2 aromatic heterocycles. The molecule has 0 aliphatic heterocycles. The molecule has 0 saturated heterocycles. The number of aromatic amines is 2. The molecule has 21 heavy (non-hydrogen) atoms. The van der Waals surface area contributed by atoms with Gasteiger partial charge in [0.1, 0.15) is 11.7 Å². The molecule has 2 aromatic rings. The zero-order chi connectivity index (χ0) is 15.2. The molecular weight excluding hydrogens is 276 g/mol. The molecule has 3 N–H and O–H groups in total. The van der Waals surface area contributed by atoms with Crippen molar-refractivity contribution < 1.29 is 14.3 Å². The van der Waals surface area contributed by atoms with Gasteiger partial charge in [-0.05, 0) is 6.07 Å². The topological polar surface area (TPSA) is 117 Å². The fourth-order valence-electron chi connectivity index (χ4n) is 1.77. The van der Waals surface area contributed by atoms with Crippen LogP contribution >= 0.6 is 0 Å². The summed E-state index contributed by atoms with van der Waals surface area (Å²) in [6, 6.07) is 3.31. The predicted molar refractivity (Wildman–Crippen MR) is 72.6 cm³/mol. The van der Waals surface area contributed by atoms with Crippen molar-refractivity contribution in [1.29, 1.82) is 0 Å². The molecule has 2 heterocycles. The lowest BCUT2D eigenvalue weighted by Gasteiger charge is -2.15. The highest BCUT2D eigenvalue weighted by Gasteiger charge is 2.23. The highest BCUT2D eigenvalue weighted by Crippen LogP contribution is 2.02. The van der Waals surface area contributed by atoms with Crippen molar-refractivity contribution in [3.05, 3.63) is 52.5 Å². The Morgan fingerprint density at radius 1 is 1.43 bits per heavy atom. The number of H-pyrrole nitrogens is 2. The van der Waals surface area contributed by atoms with Crippen molar-refractivity contribution in [3.63, 3.8) is 0 Å². The summed E-state index contributed by atoms with van der Waals surface area (Å²) in [6.07, 6.45) is 3.22. The fraction of sp³-hybridized carbons (Fsp3) is 0.231. The standard InChI is InChI=1S/C13H14N4O4/c1-21-13(20)10(5-8-6-14-7-15-8)17-12(19)9-3-2-4-11(18)16-9/h2-4,6-7,10H,5H2,1H3,(H,14,15)(H,16,18)(H,17,19)/t10-/m0/s1. The number of pyridine rings is 1. The average molecular weight is 290 g/mol. The Bertz CT molecular complexity index is 677. The van der Waals surface area contributed by atoms with Crippen molar-refractivity contribution in [2.75, 3.05) is 7.11 Å².